The van der Waals surface area contributed by atoms with Crippen LogP contribution >= 0.6 is 24.2 Å². The minimum absolute atomic E-state index is 0. The molecule has 1 aromatic carbocycles. The standard InChI is InChI=1S/C13H18N2O2S.ClH/c14-7-4-8-15-13(17)10-18-9-12(16)11-5-2-1-3-6-11;/h1-3,5-6H,4,7-10,14H2,(H,15,17);1H. The zero-order valence-electron chi connectivity index (χ0n) is 10.6. The molecule has 0 aliphatic rings. The van der Waals surface area contributed by atoms with Gasteiger partial charge in [-0.1, -0.05) is 30.3 Å². The van der Waals surface area contributed by atoms with Crippen LogP contribution in [0.2, 0.25) is 0 Å². The normalized spacial score (nSPS) is 9.53. The van der Waals surface area contributed by atoms with Crippen molar-refractivity contribution in [3.8, 4) is 0 Å². The van der Waals surface area contributed by atoms with Gasteiger partial charge in [0.05, 0.1) is 11.5 Å². The monoisotopic (exact) mass is 302 g/mol. The van der Waals surface area contributed by atoms with Gasteiger partial charge in [-0.2, -0.15) is 0 Å². The maximum absolute atomic E-state index is 11.7. The SMILES string of the molecule is Cl.NCCCNC(=O)CSCC(=O)c1ccccc1. The van der Waals surface area contributed by atoms with E-state index in [2.05, 4.69) is 5.32 Å². The number of halogens is 1. The van der Waals surface area contributed by atoms with Crippen molar-refractivity contribution >= 4 is 35.9 Å². The molecule has 6 heteroatoms. The topological polar surface area (TPSA) is 72.2 Å². The number of ketones is 1. The molecule has 0 aromatic heterocycles. The largest absolute Gasteiger partial charge is 0.355 e. The summed E-state index contributed by atoms with van der Waals surface area (Å²) in [5.41, 5.74) is 6.01. The van der Waals surface area contributed by atoms with Crippen LogP contribution in [0.1, 0.15) is 16.8 Å². The van der Waals surface area contributed by atoms with Crippen LogP contribution in [0.3, 0.4) is 0 Å². The van der Waals surface area contributed by atoms with Crippen molar-refractivity contribution < 1.29 is 9.59 Å². The summed E-state index contributed by atoms with van der Waals surface area (Å²) < 4.78 is 0. The Bertz CT molecular complexity index is 387. The maximum Gasteiger partial charge on any atom is 0.230 e. The smallest absolute Gasteiger partial charge is 0.230 e. The molecule has 0 saturated heterocycles. The Balaban J connectivity index is 0.00000324. The number of amides is 1. The van der Waals surface area contributed by atoms with Gasteiger partial charge in [-0.3, -0.25) is 9.59 Å². The fraction of sp³-hybridized carbons (Fsp3) is 0.385. The molecular formula is C13H19ClN2O2S. The second kappa shape index (κ2) is 10.8. The molecule has 0 saturated carbocycles. The van der Waals surface area contributed by atoms with Gasteiger partial charge >= 0.3 is 0 Å². The second-order valence-corrected chi connectivity index (χ2v) is 4.76. The van der Waals surface area contributed by atoms with E-state index in [1.807, 2.05) is 18.2 Å². The molecule has 0 aliphatic carbocycles. The van der Waals surface area contributed by atoms with Crippen LogP contribution in [-0.4, -0.2) is 36.3 Å². The van der Waals surface area contributed by atoms with Crippen molar-refractivity contribution in [2.75, 3.05) is 24.6 Å². The molecule has 0 fully saturated rings. The number of rotatable bonds is 8. The number of nitrogens with two attached hydrogens (primary N) is 1. The summed E-state index contributed by atoms with van der Waals surface area (Å²) in [5, 5.41) is 2.75. The van der Waals surface area contributed by atoms with Crippen LogP contribution in [0.5, 0.6) is 0 Å². The van der Waals surface area contributed by atoms with E-state index in [1.165, 1.54) is 11.8 Å². The number of hydrogen-bond donors (Lipinski definition) is 2. The first-order valence-corrected chi connectivity index (χ1v) is 7.02. The number of nitrogens with one attached hydrogen (secondary N) is 1. The minimum atomic E-state index is -0.0469. The molecule has 0 unspecified atom stereocenters. The molecule has 0 heterocycles. The van der Waals surface area contributed by atoms with Crippen molar-refractivity contribution in [1.82, 2.24) is 5.32 Å². The highest BCUT2D eigenvalue weighted by Crippen LogP contribution is 2.06. The maximum atomic E-state index is 11.7. The van der Waals surface area contributed by atoms with E-state index in [-0.39, 0.29) is 24.1 Å². The first kappa shape index (κ1) is 18.0. The Morgan fingerprint density at radius 1 is 1.16 bits per heavy atom. The first-order valence-electron chi connectivity index (χ1n) is 5.87. The molecule has 0 atom stereocenters. The fourth-order valence-corrected chi connectivity index (χ4v) is 2.07. The molecule has 1 amide bonds. The molecule has 1 aromatic rings. The molecule has 0 radical (unpaired) electrons. The van der Waals surface area contributed by atoms with Crippen LogP contribution in [-0.2, 0) is 4.79 Å². The Morgan fingerprint density at radius 2 is 1.84 bits per heavy atom. The lowest BCUT2D eigenvalue weighted by Crippen LogP contribution is -2.27. The number of Topliss-reactive ketones (excluding diaryl/α,β-unsaturated/α-hetero) is 1. The highest BCUT2D eigenvalue weighted by molar-refractivity contribution is 8.00. The van der Waals surface area contributed by atoms with Crippen LogP contribution in [0, 0.1) is 0 Å². The second-order valence-electron chi connectivity index (χ2n) is 3.77. The predicted molar refractivity (Wildman–Crippen MR) is 82.0 cm³/mol. The van der Waals surface area contributed by atoms with E-state index < -0.39 is 0 Å². The molecule has 0 bridgehead atoms. The Hall–Kier alpha value is -1.04. The van der Waals surface area contributed by atoms with Gasteiger partial charge in [0.1, 0.15) is 0 Å². The summed E-state index contributed by atoms with van der Waals surface area (Å²) in [4.78, 5) is 23.1. The van der Waals surface area contributed by atoms with Crippen molar-refractivity contribution in [2.24, 2.45) is 5.73 Å². The number of benzene rings is 1. The molecule has 3 N–H and O–H groups in total. The zero-order valence-corrected chi connectivity index (χ0v) is 12.3. The van der Waals surface area contributed by atoms with Crippen LogP contribution < -0.4 is 11.1 Å². The molecular weight excluding hydrogens is 284 g/mol. The highest BCUT2D eigenvalue weighted by atomic mass is 35.5. The number of carbonyl (C=O) groups is 2. The van der Waals surface area contributed by atoms with Crippen LogP contribution in [0.15, 0.2) is 30.3 Å². The lowest BCUT2D eigenvalue weighted by atomic mass is 10.2. The fourth-order valence-electron chi connectivity index (χ4n) is 1.32. The Kier molecular flexibility index (Phi) is 10.2. The Labute approximate surface area is 123 Å². The van der Waals surface area contributed by atoms with Gasteiger partial charge in [-0.05, 0) is 13.0 Å². The molecule has 0 spiro atoms. The molecule has 1 rings (SSSR count). The van der Waals surface area contributed by atoms with Gasteiger partial charge in [0.15, 0.2) is 5.78 Å². The van der Waals surface area contributed by atoms with E-state index >= 15 is 0 Å². The average Bonchev–Trinajstić information content (AvgIpc) is 2.40. The van der Waals surface area contributed by atoms with E-state index in [9.17, 15) is 9.59 Å². The number of carbonyl (C=O) groups excluding carboxylic acids is 2. The van der Waals surface area contributed by atoms with Crippen LogP contribution in [0.25, 0.3) is 0 Å². The molecule has 4 nitrogen and oxygen atoms in total. The van der Waals surface area contributed by atoms with Gasteiger partial charge < -0.3 is 11.1 Å². The van der Waals surface area contributed by atoms with E-state index in [0.717, 1.165) is 6.42 Å². The lowest BCUT2D eigenvalue weighted by Gasteiger charge is -2.04. The molecule has 19 heavy (non-hydrogen) atoms. The van der Waals surface area contributed by atoms with Crippen LogP contribution in [0.4, 0.5) is 0 Å². The number of hydrogen-bond acceptors (Lipinski definition) is 4. The first-order chi connectivity index (χ1) is 8.74. The van der Waals surface area contributed by atoms with Crippen molar-refractivity contribution in [1.29, 1.82) is 0 Å². The summed E-state index contributed by atoms with van der Waals surface area (Å²) in [7, 11) is 0. The average molecular weight is 303 g/mol. The van der Waals surface area contributed by atoms with Crippen molar-refractivity contribution in [3.63, 3.8) is 0 Å². The Morgan fingerprint density at radius 3 is 2.47 bits per heavy atom. The van der Waals surface area contributed by atoms with E-state index in [0.29, 0.717) is 30.2 Å². The molecule has 106 valence electrons. The van der Waals surface area contributed by atoms with Gasteiger partial charge in [-0.25, -0.2) is 0 Å². The predicted octanol–water partition coefficient (Wildman–Crippen LogP) is 1.49. The third kappa shape index (κ3) is 7.87. The van der Waals surface area contributed by atoms with E-state index in [1.54, 1.807) is 12.1 Å². The van der Waals surface area contributed by atoms with Gasteiger partial charge in [0.2, 0.25) is 5.91 Å². The van der Waals surface area contributed by atoms with Gasteiger partial charge in [0.25, 0.3) is 0 Å². The quantitative estimate of drug-likeness (QED) is 0.564. The van der Waals surface area contributed by atoms with Crippen molar-refractivity contribution in [2.45, 2.75) is 6.42 Å². The summed E-state index contributed by atoms with van der Waals surface area (Å²) in [6.07, 6.45) is 0.777. The third-order valence-corrected chi connectivity index (χ3v) is 3.20. The third-order valence-electron chi connectivity index (χ3n) is 2.27. The summed E-state index contributed by atoms with van der Waals surface area (Å²) in [6, 6.07) is 9.10. The summed E-state index contributed by atoms with van der Waals surface area (Å²) in [6.45, 7) is 1.17. The van der Waals surface area contributed by atoms with Gasteiger partial charge in [0, 0.05) is 12.1 Å². The number of thioether (sulfide) groups is 1. The lowest BCUT2D eigenvalue weighted by molar-refractivity contribution is -0.118. The van der Waals surface area contributed by atoms with Gasteiger partial charge in [-0.15, -0.1) is 24.2 Å². The van der Waals surface area contributed by atoms with E-state index in [4.69, 9.17) is 5.73 Å². The summed E-state index contributed by atoms with van der Waals surface area (Å²) in [5.74, 6) is 0.641. The zero-order chi connectivity index (χ0) is 13.2. The minimum Gasteiger partial charge on any atom is -0.355 e. The molecule has 0 aliphatic heterocycles. The summed E-state index contributed by atoms with van der Waals surface area (Å²) >= 11 is 1.33. The van der Waals surface area contributed by atoms with Crippen molar-refractivity contribution in [3.05, 3.63) is 35.9 Å². The highest BCUT2D eigenvalue weighted by Gasteiger charge is 2.07.